The number of anilines is 7. The maximum Gasteiger partial charge on any atom is 0.255 e. The van der Waals surface area contributed by atoms with Gasteiger partial charge in [0.15, 0.2) is 5.82 Å². The van der Waals surface area contributed by atoms with E-state index in [1.54, 1.807) is 47.9 Å². The number of piperidine rings is 2. The SMILES string of the molecule is CN(c1ccccc1Nc1nc(Nc2ccc(N3CCN(CC4CCN(CC(=O)Nc5cccc6c5CN(C5CCC(=O)NC5=O)C6=O)CC4)CC3)c(F)c2)ncc1Cl)S(C)=O. The first kappa shape index (κ1) is 43.0. The van der Waals surface area contributed by atoms with E-state index in [2.05, 4.69) is 45.9 Å². The first-order chi connectivity index (χ1) is 29.9. The Kier molecular flexibility index (Phi) is 13.0. The standard InChI is InChI=1S/C43H49ClFN11O5S/c1-52(62(2)61)36-9-4-3-7-34(36)49-40-31(44)23-46-43(51-40)47-28-10-11-35(32(45)22-28)55-20-18-54(19-21-55)24-27-14-16-53(17-15-27)26-39(58)48-33-8-5-6-29-30(33)25-56(42(29)60)37-12-13-38(57)50-41(37)59/h3-11,22-23,27,37H,12-21,24-26H2,1-2H3,(H,48,58)(H,50,57,59)(H2,46,47,49,51). The number of benzene rings is 3. The van der Waals surface area contributed by atoms with Gasteiger partial charge >= 0.3 is 0 Å². The molecule has 3 saturated heterocycles. The van der Waals surface area contributed by atoms with Crippen molar-refractivity contribution in [2.75, 3.05) is 90.8 Å². The van der Waals surface area contributed by atoms with Gasteiger partial charge in [-0.05, 0) is 80.7 Å². The Bertz CT molecular complexity index is 2390. The summed E-state index contributed by atoms with van der Waals surface area (Å²) in [6.45, 7) is 5.99. The monoisotopic (exact) mass is 885 g/mol. The maximum absolute atomic E-state index is 15.6. The van der Waals surface area contributed by atoms with Crippen molar-refractivity contribution in [1.29, 1.82) is 0 Å². The lowest BCUT2D eigenvalue weighted by Gasteiger charge is -2.39. The summed E-state index contributed by atoms with van der Waals surface area (Å²) in [6.07, 6.45) is 5.44. The van der Waals surface area contributed by atoms with Gasteiger partial charge < -0.3 is 25.8 Å². The molecule has 3 aromatic carbocycles. The number of likely N-dealkylation sites (tertiary alicyclic amines) is 1. The Labute approximate surface area is 366 Å². The maximum atomic E-state index is 15.6. The molecule has 0 bridgehead atoms. The molecule has 4 aliphatic heterocycles. The molecule has 2 atom stereocenters. The van der Waals surface area contributed by atoms with Crippen LogP contribution in [0.2, 0.25) is 5.02 Å². The summed E-state index contributed by atoms with van der Waals surface area (Å²) >= 11 is 6.43. The minimum Gasteiger partial charge on any atom is -0.367 e. The summed E-state index contributed by atoms with van der Waals surface area (Å²) in [6, 6.07) is 16.9. The molecular weight excluding hydrogens is 837 g/mol. The molecule has 1 aromatic heterocycles. The lowest BCUT2D eigenvalue weighted by molar-refractivity contribution is -0.137. The second-order valence-corrected chi connectivity index (χ2v) is 17.8. The largest absolute Gasteiger partial charge is 0.367 e. The highest BCUT2D eigenvalue weighted by atomic mass is 35.5. The van der Waals surface area contributed by atoms with Crippen molar-refractivity contribution in [3.8, 4) is 0 Å². The van der Waals surface area contributed by atoms with Crippen molar-refractivity contribution in [2.24, 2.45) is 5.92 Å². The number of aromatic nitrogens is 2. The summed E-state index contributed by atoms with van der Waals surface area (Å²) in [4.78, 5) is 67.5. The molecule has 4 amide bonds. The van der Waals surface area contributed by atoms with Gasteiger partial charge in [0.05, 0.1) is 29.8 Å². The number of rotatable bonds is 13. The number of nitrogens with zero attached hydrogens (tertiary/aromatic N) is 7. The van der Waals surface area contributed by atoms with E-state index in [-0.39, 0.29) is 60.4 Å². The van der Waals surface area contributed by atoms with E-state index in [9.17, 15) is 23.4 Å². The Morgan fingerprint density at radius 3 is 2.45 bits per heavy atom. The Morgan fingerprint density at radius 1 is 0.952 bits per heavy atom. The minimum atomic E-state index is -1.24. The van der Waals surface area contributed by atoms with Gasteiger partial charge in [-0.3, -0.25) is 38.6 Å². The molecule has 4 aromatic rings. The van der Waals surface area contributed by atoms with Gasteiger partial charge in [0.25, 0.3) is 5.91 Å². The number of fused-ring (bicyclic) bond motifs is 1. The molecule has 0 aliphatic carbocycles. The second kappa shape index (κ2) is 18.7. The zero-order valence-corrected chi connectivity index (χ0v) is 36.1. The molecule has 8 rings (SSSR count). The summed E-state index contributed by atoms with van der Waals surface area (Å²) in [5.74, 6) is -0.532. The van der Waals surface area contributed by atoms with Crippen molar-refractivity contribution in [3.05, 3.63) is 88.8 Å². The van der Waals surface area contributed by atoms with E-state index in [1.807, 2.05) is 24.3 Å². The van der Waals surface area contributed by atoms with E-state index >= 15 is 4.39 Å². The molecule has 0 saturated carbocycles. The van der Waals surface area contributed by atoms with Crippen LogP contribution in [-0.2, 0) is 31.9 Å². The fourth-order valence-electron chi connectivity index (χ4n) is 8.56. The van der Waals surface area contributed by atoms with Gasteiger partial charge in [0, 0.05) is 81.5 Å². The molecule has 5 heterocycles. The summed E-state index contributed by atoms with van der Waals surface area (Å²) in [7, 11) is 0.490. The van der Waals surface area contributed by atoms with Crippen LogP contribution in [0.15, 0.2) is 66.9 Å². The summed E-state index contributed by atoms with van der Waals surface area (Å²) < 4.78 is 29.4. The first-order valence-corrected chi connectivity index (χ1v) is 22.6. The zero-order valence-electron chi connectivity index (χ0n) is 34.5. The van der Waals surface area contributed by atoms with Crippen LogP contribution in [0.5, 0.6) is 0 Å². The number of hydrogen-bond donors (Lipinski definition) is 4. The molecule has 0 radical (unpaired) electrons. The molecule has 3 fully saturated rings. The van der Waals surface area contributed by atoms with Crippen LogP contribution in [0.4, 0.5) is 44.6 Å². The van der Waals surface area contributed by atoms with Crippen LogP contribution in [-0.4, -0.2) is 124 Å². The Balaban J connectivity index is 0.780. The second-order valence-electron chi connectivity index (χ2n) is 16.0. The summed E-state index contributed by atoms with van der Waals surface area (Å²) in [5, 5.41) is 11.9. The third-order valence-electron chi connectivity index (χ3n) is 12.0. The van der Waals surface area contributed by atoms with E-state index < -0.39 is 22.9 Å². The number of para-hydroxylation sites is 2. The van der Waals surface area contributed by atoms with Gasteiger partial charge in [-0.15, -0.1) is 0 Å². The predicted molar refractivity (Wildman–Crippen MR) is 238 cm³/mol. The number of carbonyl (C=O) groups excluding carboxylic acids is 4. The molecular formula is C43H49ClFN11O5S. The molecule has 19 heteroatoms. The van der Waals surface area contributed by atoms with Crippen molar-refractivity contribution in [3.63, 3.8) is 0 Å². The predicted octanol–water partition coefficient (Wildman–Crippen LogP) is 4.72. The number of amides is 4. The topological polar surface area (TPSA) is 175 Å². The molecule has 326 valence electrons. The van der Waals surface area contributed by atoms with E-state index in [0.717, 1.165) is 45.6 Å². The van der Waals surface area contributed by atoms with Gasteiger partial charge in [0.1, 0.15) is 27.9 Å². The van der Waals surface area contributed by atoms with Crippen molar-refractivity contribution in [2.45, 2.75) is 38.3 Å². The lowest BCUT2D eigenvalue weighted by Crippen LogP contribution is -2.52. The highest BCUT2D eigenvalue weighted by Crippen LogP contribution is 2.34. The molecule has 62 heavy (non-hydrogen) atoms. The average molecular weight is 886 g/mol. The van der Waals surface area contributed by atoms with E-state index in [0.29, 0.717) is 64.4 Å². The number of hydrogen-bond acceptors (Lipinski definition) is 12. The van der Waals surface area contributed by atoms with Crippen molar-refractivity contribution in [1.82, 2.24) is 30.0 Å². The van der Waals surface area contributed by atoms with Crippen LogP contribution < -0.4 is 30.5 Å². The van der Waals surface area contributed by atoms with Crippen molar-refractivity contribution < 1.29 is 27.8 Å². The lowest BCUT2D eigenvalue weighted by atomic mass is 9.96. The number of nitrogens with one attached hydrogen (secondary N) is 4. The number of imide groups is 1. The molecule has 4 N–H and O–H groups in total. The van der Waals surface area contributed by atoms with Crippen LogP contribution >= 0.6 is 11.6 Å². The average Bonchev–Trinajstić information content (AvgIpc) is 3.59. The van der Waals surface area contributed by atoms with E-state index in [4.69, 9.17) is 11.6 Å². The molecule has 4 aliphatic rings. The van der Waals surface area contributed by atoms with E-state index in [1.165, 1.54) is 17.2 Å². The third kappa shape index (κ3) is 9.67. The molecule has 2 unspecified atom stereocenters. The molecule has 0 spiro atoms. The van der Waals surface area contributed by atoms with Gasteiger partial charge in [-0.2, -0.15) is 4.98 Å². The number of carbonyl (C=O) groups is 4. The number of piperazine rings is 1. The first-order valence-electron chi connectivity index (χ1n) is 20.7. The van der Waals surface area contributed by atoms with Crippen LogP contribution in [0.3, 0.4) is 0 Å². The summed E-state index contributed by atoms with van der Waals surface area (Å²) in [5.41, 5.74) is 4.09. The minimum absolute atomic E-state index is 0.157. The Morgan fingerprint density at radius 2 is 1.71 bits per heavy atom. The van der Waals surface area contributed by atoms with Crippen LogP contribution in [0.1, 0.15) is 41.6 Å². The van der Waals surface area contributed by atoms with Crippen molar-refractivity contribution >= 4 is 86.4 Å². The smallest absolute Gasteiger partial charge is 0.255 e. The fourth-order valence-corrected chi connectivity index (χ4v) is 9.14. The van der Waals surface area contributed by atoms with Gasteiger partial charge in [-0.1, -0.05) is 29.8 Å². The zero-order chi connectivity index (χ0) is 43.5. The van der Waals surface area contributed by atoms with Gasteiger partial charge in [-0.25, -0.2) is 13.6 Å². The Hall–Kier alpha value is -5.69. The molecule has 16 nitrogen and oxygen atoms in total. The highest BCUT2D eigenvalue weighted by Gasteiger charge is 2.40. The van der Waals surface area contributed by atoms with Crippen LogP contribution in [0.25, 0.3) is 0 Å². The highest BCUT2D eigenvalue weighted by molar-refractivity contribution is 7.85. The van der Waals surface area contributed by atoms with Gasteiger partial charge in [0.2, 0.25) is 23.7 Å². The third-order valence-corrected chi connectivity index (χ3v) is 13.2. The normalized spacial score (nSPS) is 19.2. The van der Waals surface area contributed by atoms with Crippen LogP contribution in [0, 0.1) is 11.7 Å². The number of halogens is 2. The quantitative estimate of drug-likeness (QED) is 0.136. The fraction of sp³-hybridized carbons (Fsp3) is 0.395.